The van der Waals surface area contributed by atoms with E-state index in [9.17, 15) is 22.8 Å². The number of esters is 1. The number of aliphatic imine (C=N–C) groups is 1. The fraction of sp³-hybridized carbons (Fsp3) is 0.167. The van der Waals surface area contributed by atoms with E-state index in [0.717, 1.165) is 15.1 Å². The van der Waals surface area contributed by atoms with Crippen molar-refractivity contribution in [3.63, 3.8) is 0 Å². The molecule has 3 heterocycles. The number of ether oxygens (including phenoxy) is 1. The van der Waals surface area contributed by atoms with E-state index < -0.39 is 34.1 Å². The highest BCUT2D eigenvalue weighted by Crippen LogP contribution is 2.46. The Hall–Kier alpha value is -5.17. The van der Waals surface area contributed by atoms with Crippen molar-refractivity contribution in [1.82, 2.24) is 19.1 Å². The fourth-order valence-corrected chi connectivity index (χ4v) is 8.05. The second-order valence-electron chi connectivity index (χ2n) is 11.7. The van der Waals surface area contributed by atoms with Gasteiger partial charge in [0.2, 0.25) is 5.91 Å². The van der Waals surface area contributed by atoms with E-state index in [4.69, 9.17) is 32.9 Å². The number of para-hydroxylation sites is 1. The molecule has 7 rings (SSSR count). The van der Waals surface area contributed by atoms with E-state index in [1.54, 1.807) is 54.6 Å². The minimum Gasteiger partial charge on any atom is -0.465 e. The first-order valence-corrected chi connectivity index (χ1v) is 17.7. The summed E-state index contributed by atoms with van der Waals surface area (Å²) in [4.78, 5) is 47.3. The predicted molar refractivity (Wildman–Crippen MR) is 189 cm³/mol. The molecule has 0 saturated carbocycles. The first kappa shape index (κ1) is 33.3. The van der Waals surface area contributed by atoms with Crippen molar-refractivity contribution in [3.05, 3.63) is 136 Å². The molecule has 5 aromatic rings. The number of nitrogens with zero attached hydrogens (tertiary/aromatic N) is 4. The van der Waals surface area contributed by atoms with Gasteiger partial charge in [0, 0.05) is 40.3 Å². The number of rotatable bonds is 6. The first-order valence-electron chi connectivity index (χ1n) is 15.5. The molecule has 11 nitrogen and oxygen atoms in total. The van der Waals surface area contributed by atoms with Crippen molar-refractivity contribution in [2.24, 2.45) is 4.99 Å². The van der Waals surface area contributed by atoms with Crippen LogP contribution in [0.4, 0.5) is 4.79 Å². The summed E-state index contributed by atoms with van der Waals surface area (Å²) in [5, 5.41) is 4.27. The zero-order valence-corrected chi connectivity index (χ0v) is 28.8. The van der Waals surface area contributed by atoms with Crippen LogP contribution in [0.5, 0.6) is 0 Å². The molecule has 3 amide bonds. The van der Waals surface area contributed by atoms with Gasteiger partial charge in [-0.05, 0) is 65.7 Å². The van der Waals surface area contributed by atoms with E-state index in [1.165, 1.54) is 47.4 Å². The number of amides is 3. The van der Waals surface area contributed by atoms with Gasteiger partial charge in [0.05, 0.1) is 29.1 Å². The Bertz CT molecular complexity index is 2290. The molecule has 50 heavy (non-hydrogen) atoms. The lowest BCUT2D eigenvalue weighted by molar-refractivity contribution is -0.123. The molecule has 4 aromatic carbocycles. The quantitative estimate of drug-likeness (QED) is 0.211. The molecule has 1 N–H and O–H groups in total. The highest BCUT2D eigenvalue weighted by atomic mass is 35.5. The molecule has 254 valence electrons. The molecule has 1 fully saturated rings. The topological polar surface area (TPSA) is 130 Å². The number of urea groups is 1. The van der Waals surface area contributed by atoms with Crippen molar-refractivity contribution in [2.75, 3.05) is 26.7 Å². The van der Waals surface area contributed by atoms with Crippen molar-refractivity contribution >= 4 is 67.9 Å². The highest BCUT2D eigenvalue weighted by Gasteiger charge is 2.45. The standard InChI is InChI=1S/C36H29Cl2N5O6S/c1-49-35(45)23-11-15-27(16-12-23)50(47,48)42-20-29(28-7-2-3-8-30(28)42)34-40-32(24-5-4-6-26(38)19-24)33(22-9-13-25(37)14-10-22)43(34)36(46)41-18-17-39-31(44)21-41/h2-16,19-20,32-33H,17-18,21H2,1H3,(H,39,44). The lowest BCUT2D eigenvalue weighted by Crippen LogP contribution is -2.55. The zero-order chi connectivity index (χ0) is 35.2. The van der Waals surface area contributed by atoms with Gasteiger partial charge in [0.25, 0.3) is 10.0 Å². The van der Waals surface area contributed by atoms with Gasteiger partial charge in [-0.1, -0.05) is 65.7 Å². The Morgan fingerprint density at radius 1 is 0.900 bits per heavy atom. The summed E-state index contributed by atoms with van der Waals surface area (Å²) >= 11 is 12.7. The van der Waals surface area contributed by atoms with Gasteiger partial charge in [-0.25, -0.2) is 22.0 Å². The van der Waals surface area contributed by atoms with Gasteiger partial charge >= 0.3 is 12.0 Å². The lowest BCUT2D eigenvalue weighted by atomic mass is 9.93. The predicted octanol–water partition coefficient (Wildman–Crippen LogP) is 6.07. The van der Waals surface area contributed by atoms with Crippen molar-refractivity contribution < 1.29 is 27.5 Å². The first-order chi connectivity index (χ1) is 24.1. The van der Waals surface area contributed by atoms with Gasteiger partial charge in [0.15, 0.2) is 0 Å². The van der Waals surface area contributed by atoms with Gasteiger partial charge in [0.1, 0.15) is 18.4 Å². The molecule has 0 radical (unpaired) electrons. The second-order valence-corrected chi connectivity index (χ2v) is 14.4. The third-order valence-corrected chi connectivity index (χ3v) is 10.9. The van der Waals surface area contributed by atoms with Crippen LogP contribution in [-0.4, -0.2) is 72.7 Å². The third kappa shape index (κ3) is 5.99. The van der Waals surface area contributed by atoms with Gasteiger partial charge in [-0.3, -0.25) is 14.7 Å². The molecule has 2 unspecified atom stereocenters. The Morgan fingerprint density at radius 3 is 2.34 bits per heavy atom. The highest BCUT2D eigenvalue weighted by molar-refractivity contribution is 7.90. The third-order valence-electron chi connectivity index (χ3n) is 8.73. The number of carbonyl (C=O) groups is 3. The average molecular weight is 731 g/mol. The number of nitrogens with one attached hydrogen (secondary N) is 1. The molecule has 1 saturated heterocycles. The van der Waals surface area contributed by atoms with E-state index in [-0.39, 0.29) is 41.8 Å². The Morgan fingerprint density at radius 2 is 1.64 bits per heavy atom. The lowest BCUT2D eigenvalue weighted by Gasteiger charge is -2.35. The Balaban J connectivity index is 1.43. The molecule has 2 aliphatic rings. The van der Waals surface area contributed by atoms with Crippen LogP contribution < -0.4 is 5.32 Å². The van der Waals surface area contributed by atoms with E-state index in [1.807, 2.05) is 18.2 Å². The van der Waals surface area contributed by atoms with Crippen LogP contribution in [0.3, 0.4) is 0 Å². The number of halogens is 2. The molecule has 2 aliphatic heterocycles. The molecule has 0 spiro atoms. The van der Waals surface area contributed by atoms with Crippen LogP contribution in [0.2, 0.25) is 10.0 Å². The molecule has 0 bridgehead atoms. The molecule has 0 aliphatic carbocycles. The van der Waals surface area contributed by atoms with Crippen LogP contribution in [-0.2, 0) is 19.6 Å². The number of amidine groups is 1. The summed E-state index contributed by atoms with van der Waals surface area (Å²) in [5.74, 6) is -0.669. The zero-order valence-electron chi connectivity index (χ0n) is 26.5. The molecule has 14 heteroatoms. The number of piperazine rings is 1. The maximum atomic E-state index is 14.7. The van der Waals surface area contributed by atoms with Crippen molar-refractivity contribution in [1.29, 1.82) is 0 Å². The summed E-state index contributed by atoms with van der Waals surface area (Å²) in [6.07, 6.45) is 1.45. The smallest absolute Gasteiger partial charge is 0.337 e. The van der Waals surface area contributed by atoms with Gasteiger partial charge in [-0.15, -0.1) is 0 Å². The minimum atomic E-state index is -4.22. The summed E-state index contributed by atoms with van der Waals surface area (Å²) in [5.41, 5.74) is 2.37. The maximum absolute atomic E-state index is 14.7. The number of benzene rings is 4. The summed E-state index contributed by atoms with van der Waals surface area (Å²) in [7, 11) is -2.98. The number of fused-ring (bicyclic) bond motifs is 1. The van der Waals surface area contributed by atoms with E-state index in [0.29, 0.717) is 26.5 Å². The molecule has 2 atom stereocenters. The number of methoxy groups -OCH3 is 1. The summed E-state index contributed by atoms with van der Waals surface area (Å²) in [6, 6.07) is 24.8. The fourth-order valence-electron chi connectivity index (χ4n) is 6.36. The second kappa shape index (κ2) is 13.3. The normalized spacial score (nSPS) is 17.8. The molecular formula is C36H29Cl2N5O6S. The van der Waals surface area contributed by atoms with Gasteiger partial charge in [-0.2, -0.15) is 0 Å². The summed E-state index contributed by atoms with van der Waals surface area (Å²) in [6.45, 7) is 0.386. The SMILES string of the molecule is COC(=O)c1ccc(S(=O)(=O)n2cc(C3=NC(c4cccc(Cl)c4)C(c4ccc(Cl)cc4)N3C(=O)N3CCNC(=O)C3)c3ccccc32)cc1. The molecular weight excluding hydrogens is 701 g/mol. The molecule has 1 aromatic heterocycles. The van der Waals surface area contributed by atoms with Crippen LogP contribution in [0, 0.1) is 0 Å². The van der Waals surface area contributed by atoms with Crippen LogP contribution in [0.15, 0.2) is 113 Å². The van der Waals surface area contributed by atoms with Crippen LogP contribution in [0.1, 0.15) is 39.1 Å². The Kier molecular flexibility index (Phi) is 8.85. The monoisotopic (exact) mass is 729 g/mol. The largest absolute Gasteiger partial charge is 0.465 e. The van der Waals surface area contributed by atoms with Gasteiger partial charge < -0.3 is 15.0 Å². The average Bonchev–Trinajstić information content (AvgIpc) is 3.71. The maximum Gasteiger partial charge on any atom is 0.337 e. The van der Waals surface area contributed by atoms with Crippen molar-refractivity contribution in [3.8, 4) is 0 Å². The van der Waals surface area contributed by atoms with Crippen LogP contribution in [0.25, 0.3) is 10.9 Å². The van der Waals surface area contributed by atoms with Crippen molar-refractivity contribution in [2.45, 2.75) is 17.0 Å². The van der Waals surface area contributed by atoms with Crippen LogP contribution >= 0.6 is 23.2 Å². The Labute approximate surface area is 297 Å². The number of hydrogen-bond donors (Lipinski definition) is 1. The minimum absolute atomic E-state index is 0.0612. The van der Waals surface area contributed by atoms with E-state index >= 15 is 0 Å². The number of carbonyl (C=O) groups excluding carboxylic acids is 3. The number of hydrogen-bond acceptors (Lipinski definition) is 7. The number of aromatic nitrogens is 1. The van der Waals surface area contributed by atoms with E-state index in [2.05, 4.69) is 5.32 Å². The summed E-state index contributed by atoms with van der Waals surface area (Å²) < 4.78 is 34.3.